The third-order valence-electron chi connectivity index (χ3n) is 2.20. The molecule has 0 spiro atoms. The highest BCUT2D eigenvalue weighted by molar-refractivity contribution is 7.99. The van der Waals surface area contributed by atoms with Gasteiger partial charge in [-0.05, 0) is 18.1 Å². The predicted octanol–water partition coefficient (Wildman–Crippen LogP) is 1.97. The Hall–Kier alpha value is -0.840. The lowest BCUT2D eigenvalue weighted by Gasteiger charge is -2.05. The van der Waals surface area contributed by atoms with Crippen molar-refractivity contribution in [2.24, 2.45) is 0 Å². The van der Waals surface area contributed by atoms with Crippen LogP contribution in [0.3, 0.4) is 0 Å². The van der Waals surface area contributed by atoms with E-state index in [9.17, 15) is 0 Å². The highest BCUT2D eigenvalue weighted by atomic mass is 32.2. The molecule has 2 rings (SSSR count). The van der Waals surface area contributed by atoms with Crippen LogP contribution in [0.4, 0.5) is 5.95 Å². The molecular formula is C10H16N4S. The van der Waals surface area contributed by atoms with Crippen LogP contribution in [-0.4, -0.2) is 20.2 Å². The zero-order valence-electron chi connectivity index (χ0n) is 9.10. The fourth-order valence-electron chi connectivity index (χ4n) is 1.29. The number of hydrogen-bond acceptors (Lipinski definition) is 5. The van der Waals surface area contributed by atoms with Gasteiger partial charge >= 0.3 is 0 Å². The average molecular weight is 224 g/mol. The lowest BCUT2D eigenvalue weighted by atomic mass is 10.4. The summed E-state index contributed by atoms with van der Waals surface area (Å²) in [6.07, 6.45) is 2.39. The maximum absolute atomic E-state index is 5.66. The fourth-order valence-corrected chi connectivity index (χ4v) is 1.90. The van der Waals surface area contributed by atoms with Crippen molar-refractivity contribution in [3.05, 3.63) is 11.6 Å². The summed E-state index contributed by atoms with van der Waals surface area (Å²) in [7, 11) is 0. The Morgan fingerprint density at radius 1 is 1.33 bits per heavy atom. The van der Waals surface area contributed by atoms with E-state index in [0.29, 0.717) is 17.1 Å². The van der Waals surface area contributed by atoms with Crippen LogP contribution >= 0.6 is 11.8 Å². The minimum absolute atomic E-state index is 0.367. The number of hydrogen-bond donors (Lipinski definition) is 1. The zero-order chi connectivity index (χ0) is 10.8. The lowest BCUT2D eigenvalue weighted by Crippen LogP contribution is -2.06. The summed E-state index contributed by atoms with van der Waals surface area (Å²) < 4.78 is 0. The number of nitrogen functional groups attached to an aromatic ring is 1. The standard InChI is InChI=1S/C10H16N4S/c1-6(2)15-5-8-12-9(7-3-4-7)14-10(11)13-8/h6-7H,3-5H2,1-2H3,(H2,11,12,13,14). The van der Waals surface area contributed by atoms with Gasteiger partial charge in [0.1, 0.15) is 11.6 Å². The van der Waals surface area contributed by atoms with Gasteiger partial charge in [0.15, 0.2) is 0 Å². The second-order valence-corrected chi connectivity index (χ2v) is 5.67. The van der Waals surface area contributed by atoms with Crippen molar-refractivity contribution in [2.45, 2.75) is 43.6 Å². The van der Waals surface area contributed by atoms with E-state index in [4.69, 9.17) is 5.73 Å². The van der Waals surface area contributed by atoms with Crippen LogP contribution in [-0.2, 0) is 5.75 Å². The number of nitrogens with two attached hydrogens (primary N) is 1. The van der Waals surface area contributed by atoms with E-state index in [1.807, 2.05) is 11.8 Å². The first-order valence-corrected chi connectivity index (χ1v) is 6.32. The summed E-state index contributed by atoms with van der Waals surface area (Å²) in [5, 5.41) is 0.590. The van der Waals surface area contributed by atoms with Crippen LogP contribution in [0.15, 0.2) is 0 Å². The monoisotopic (exact) mass is 224 g/mol. The van der Waals surface area contributed by atoms with Crippen LogP contribution in [0.25, 0.3) is 0 Å². The van der Waals surface area contributed by atoms with Gasteiger partial charge in [-0.2, -0.15) is 21.7 Å². The lowest BCUT2D eigenvalue weighted by molar-refractivity contribution is 0.857. The van der Waals surface area contributed by atoms with E-state index in [1.165, 1.54) is 12.8 Å². The molecule has 1 aliphatic carbocycles. The Labute approximate surface area is 94.1 Å². The highest BCUT2D eigenvalue weighted by Gasteiger charge is 2.27. The molecule has 82 valence electrons. The maximum Gasteiger partial charge on any atom is 0.223 e. The summed E-state index contributed by atoms with van der Waals surface area (Å²) in [5.74, 6) is 3.44. The van der Waals surface area contributed by atoms with Crippen molar-refractivity contribution >= 4 is 17.7 Å². The molecule has 0 unspecified atom stereocenters. The Morgan fingerprint density at radius 3 is 2.67 bits per heavy atom. The molecule has 1 aliphatic rings. The molecule has 2 N–H and O–H groups in total. The molecule has 1 fully saturated rings. The van der Waals surface area contributed by atoms with E-state index < -0.39 is 0 Å². The van der Waals surface area contributed by atoms with Gasteiger partial charge in [0.25, 0.3) is 0 Å². The van der Waals surface area contributed by atoms with Gasteiger partial charge < -0.3 is 5.73 Å². The molecule has 1 aromatic heterocycles. The zero-order valence-corrected chi connectivity index (χ0v) is 9.92. The average Bonchev–Trinajstić information content (AvgIpc) is 2.97. The third kappa shape index (κ3) is 3.06. The highest BCUT2D eigenvalue weighted by Crippen LogP contribution is 2.38. The summed E-state index contributed by atoms with van der Waals surface area (Å²) in [4.78, 5) is 12.8. The van der Waals surface area contributed by atoms with Gasteiger partial charge in [-0.25, -0.2) is 4.98 Å². The van der Waals surface area contributed by atoms with Crippen LogP contribution in [0.2, 0.25) is 0 Å². The van der Waals surface area contributed by atoms with Crippen molar-refractivity contribution in [2.75, 3.05) is 5.73 Å². The Balaban J connectivity index is 2.09. The molecule has 0 bridgehead atoms. The van der Waals surface area contributed by atoms with Gasteiger partial charge in [0.2, 0.25) is 5.95 Å². The SMILES string of the molecule is CC(C)SCc1nc(N)nc(C2CC2)n1. The molecule has 0 saturated heterocycles. The largest absolute Gasteiger partial charge is 0.368 e. The van der Waals surface area contributed by atoms with Crippen LogP contribution in [0.1, 0.15) is 44.3 Å². The summed E-state index contributed by atoms with van der Waals surface area (Å²) in [6, 6.07) is 0. The van der Waals surface area contributed by atoms with Crippen LogP contribution in [0, 0.1) is 0 Å². The van der Waals surface area contributed by atoms with Crippen molar-refractivity contribution in [3.8, 4) is 0 Å². The minimum atomic E-state index is 0.367. The molecule has 0 aliphatic heterocycles. The Morgan fingerprint density at radius 2 is 2.07 bits per heavy atom. The molecule has 0 atom stereocenters. The van der Waals surface area contributed by atoms with Crippen LogP contribution < -0.4 is 5.73 Å². The molecule has 1 aromatic rings. The van der Waals surface area contributed by atoms with Gasteiger partial charge in [-0.15, -0.1) is 0 Å². The molecule has 15 heavy (non-hydrogen) atoms. The smallest absolute Gasteiger partial charge is 0.223 e. The van der Waals surface area contributed by atoms with E-state index in [0.717, 1.165) is 17.4 Å². The number of thioether (sulfide) groups is 1. The van der Waals surface area contributed by atoms with Gasteiger partial charge in [-0.1, -0.05) is 13.8 Å². The molecule has 4 nitrogen and oxygen atoms in total. The first-order chi connectivity index (χ1) is 7.15. The Bertz CT molecular complexity index is 349. The summed E-state index contributed by atoms with van der Waals surface area (Å²) in [5.41, 5.74) is 5.66. The normalized spacial score (nSPS) is 15.9. The molecule has 1 heterocycles. The number of rotatable bonds is 4. The molecule has 0 aromatic carbocycles. The fraction of sp³-hybridized carbons (Fsp3) is 0.700. The second kappa shape index (κ2) is 4.35. The molecule has 5 heteroatoms. The van der Waals surface area contributed by atoms with Gasteiger partial charge in [0, 0.05) is 5.92 Å². The van der Waals surface area contributed by atoms with Crippen molar-refractivity contribution < 1.29 is 0 Å². The topological polar surface area (TPSA) is 64.7 Å². The molecular weight excluding hydrogens is 208 g/mol. The summed E-state index contributed by atoms with van der Waals surface area (Å²) >= 11 is 1.83. The molecule has 0 radical (unpaired) electrons. The quantitative estimate of drug-likeness (QED) is 0.847. The molecule has 0 amide bonds. The first kappa shape index (κ1) is 10.7. The third-order valence-corrected chi connectivity index (χ3v) is 3.30. The van der Waals surface area contributed by atoms with Gasteiger partial charge in [-0.3, -0.25) is 0 Å². The Kier molecular flexibility index (Phi) is 3.09. The van der Waals surface area contributed by atoms with Crippen molar-refractivity contribution in [3.63, 3.8) is 0 Å². The van der Waals surface area contributed by atoms with E-state index in [-0.39, 0.29) is 0 Å². The van der Waals surface area contributed by atoms with E-state index in [1.54, 1.807) is 0 Å². The van der Waals surface area contributed by atoms with Crippen molar-refractivity contribution in [1.82, 2.24) is 15.0 Å². The number of nitrogens with zero attached hydrogens (tertiary/aromatic N) is 3. The van der Waals surface area contributed by atoms with Crippen molar-refractivity contribution in [1.29, 1.82) is 0 Å². The van der Waals surface area contributed by atoms with E-state index in [2.05, 4.69) is 28.8 Å². The van der Waals surface area contributed by atoms with Crippen LogP contribution in [0.5, 0.6) is 0 Å². The number of anilines is 1. The second-order valence-electron chi connectivity index (χ2n) is 4.10. The number of aromatic nitrogens is 3. The first-order valence-electron chi connectivity index (χ1n) is 5.27. The molecule has 1 saturated carbocycles. The minimum Gasteiger partial charge on any atom is -0.368 e. The maximum atomic E-state index is 5.66. The van der Waals surface area contributed by atoms with E-state index >= 15 is 0 Å². The predicted molar refractivity (Wildman–Crippen MR) is 62.6 cm³/mol. The summed E-state index contributed by atoms with van der Waals surface area (Å²) in [6.45, 7) is 4.33. The van der Waals surface area contributed by atoms with Gasteiger partial charge in [0.05, 0.1) is 5.75 Å².